The van der Waals surface area contributed by atoms with Gasteiger partial charge in [-0.3, -0.25) is 0 Å². The molecule has 1 aromatic heterocycles. The van der Waals surface area contributed by atoms with Crippen LogP contribution in [0.15, 0.2) is 48.7 Å². The molecule has 0 atom stereocenters. The average Bonchev–Trinajstić information content (AvgIpc) is 2.90. The third kappa shape index (κ3) is 3.89. The van der Waals surface area contributed by atoms with Gasteiger partial charge in [0.05, 0.1) is 23.7 Å². The number of aromatic nitrogens is 2. The van der Waals surface area contributed by atoms with Crippen LogP contribution in [0.3, 0.4) is 0 Å². The number of nitrogens with one attached hydrogen (secondary N) is 3. The zero-order valence-corrected chi connectivity index (χ0v) is 17.2. The van der Waals surface area contributed by atoms with Gasteiger partial charge in [0.2, 0.25) is 5.95 Å². The Bertz CT molecular complexity index is 1140. The lowest BCUT2D eigenvalue weighted by molar-refractivity contribution is 0.145. The molecule has 0 unspecified atom stereocenters. The van der Waals surface area contributed by atoms with Crippen LogP contribution in [-0.4, -0.2) is 40.3 Å². The van der Waals surface area contributed by atoms with E-state index in [1.54, 1.807) is 6.20 Å². The second kappa shape index (κ2) is 7.88. The lowest BCUT2D eigenvalue weighted by Gasteiger charge is -2.32. The first-order valence-corrected chi connectivity index (χ1v) is 10.4. The van der Waals surface area contributed by atoms with Crippen molar-refractivity contribution in [2.45, 2.75) is 25.9 Å². The summed E-state index contributed by atoms with van der Waals surface area (Å²) in [5.74, 6) is 0.456. The fourth-order valence-electron chi connectivity index (χ4n) is 4.14. The molecule has 0 bridgehead atoms. The van der Waals surface area contributed by atoms with E-state index in [1.807, 2.05) is 30.3 Å². The van der Waals surface area contributed by atoms with E-state index in [0.717, 1.165) is 42.7 Å². The number of fused-ring (bicyclic) bond motifs is 3. The number of rotatable bonds is 3. The van der Waals surface area contributed by atoms with Crippen molar-refractivity contribution in [1.82, 2.24) is 9.97 Å². The van der Waals surface area contributed by atoms with Gasteiger partial charge < -0.3 is 26.0 Å². The summed E-state index contributed by atoms with van der Waals surface area (Å²) in [6, 6.07) is 13.4. The summed E-state index contributed by atoms with van der Waals surface area (Å²) in [7, 11) is 0. The molecule has 4 N–H and O–H groups in total. The van der Waals surface area contributed by atoms with Gasteiger partial charge in [-0.05, 0) is 49.6 Å². The first kappa shape index (κ1) is 19.3. The molecule has 0 saturated carbocycles. The highest BCUT2D eigenvalue weighted by Gasteiger charge is 2.21. The minimum Gasteiger partial charge on any atom is -0.393 e. The molecule has 0 aliphatic carbocycles. The van der Waals surface area contributed by atoms with Gasteiger partial charge in [-0.1, -0.05) is 18.2 Å². The van der Waals surface area contributed by atoms with Crippen molar-refractivity contribution >= 4 is 34.7 Å². The van der Waals surface area contributed by atoms with Gasteiger partial charge in [-0.25, -0.2) is 14.8 Å². The van der Waals surface area contributed by atoms with Crippen LogP contribution in [0.25, 0.3) is 11.3 Å². The summed E-state index contributed by atoms with van der Waals surface area (Å²) in [6.45, 7) is 3.81. The maximum atomic E-state index is 12.1. The predicted octanol–water partition coefficient (Wildman–Crippen LogP) is 4.11. The van der Waals surface area contributed by atoms with E-state index in [1.165, 1.54) is 5.69 Å². The number of para-hydroxylation sites is 1. The number of hydrogen-bond donors (Lipinski definition) is 4. The number of piperidine rings is 1. The third-order valence-electron chi connectivity index (χ3n) is 5.73. The minimum atomic E-state index is -0.313. The van der Waals surface area contributed by atoms with Crippen LogP contribution in [0.4, 0.5) is 33.5 Å². The fraction of sp³-hybridized carbons (Fsp3) is 0.261. The quantitative estimate of drug-likeness (QED) is 0.512. The highest BCUT2D eigenvalue weighted by Crippen LogP contribution is 2.35. The Kier molecular flexibility index (Phi) is 4.91. The predicted molar refractivity (Wildman–Crippen MR) is 122 cm³/mol. The second-order valence-corrected chi connectivity index (χ2v) is 7.93. The topological polar surface area (TPSA) is 102 Å². The summed E-state index contributed by atoms with van der Waals surface area (Å²) >= 11 is 0. The highest BCUT2D eigenvalue weighted by molar-refractivity contribution is 6.07. The van der Waals surface area contributed by atoms with E-state index in [0.29, 0.717) is 23.0 Å². The van der Waals surface area contributed by atoms with Crippen molar-refractivity contribution in [1.29, 1.82) is 0 Å². The molecule has 31 heavy (non-hydrogen) atoms. The molecule has 2 aromatic carbocycles. The number of hydrogen-bond acceptors (Lipinski definition) is 6. The average molecular weight is 416 g/mol. The van der Waals surface area contributed by atoms with E-state index in [2.05, 4.69) is 49.9 Å². The van der Waals surface area contributed by atoms with Crippen LogP contribution in [0.1, 0.15) is 18.4 Å². The number of aryl methyl sites for hydroxylation is 1. The molecular formula is C23H24N6O2. The fourth-order valence-corrected chi connectivity index (χ4v) is 4.14. The van der Waals surface area contributed by atoms with E-state index >= 15 is 0 Å². The number of carbonyl (C=O) groups is 1. The molecule has 2 aliphatic rings. The lowest BCUT2D eigenvalue weighted by atomic mass is 10.1. The van der Waals surface area contributed by atoms with Crippen LogP contribution in [0.2, 0.25) is 0 Å². The van der Waals surface area contributed by atoms with Crippen molar-refractivity contribution in [3.63, 3.8) is 0 Å². The number of aliphatic hydroxyl groups excluding tert-OH is 1. The first-order valence-electron chi connectivity index (χ1n) is 10.4. The van der Waals surface area contributed by atoms with E-state index < -0.39 is 0 Å². The van der Waals surface area contributed by atoms with Gasteiger partial charge in [-0.15, -0.1) is 0 Å². The molecule has 1 fully saturated rings. The molecule has 5 rings (SSSR count). The Morgan fingerprint density at radius 3 is 2.68 bits per heavy atom. The summed E-state index contributed by atoms with van der Waals surface area (Å²) in [6.07, 6.45) is 3.03. The molecular weight excluding hydrogens is 392 g/mol. The number of amides is 2. The molecule has 3 aromatic rings. The standard InChI is InChI=1S/C23H24N6O2/c1-14-12-15(6-7-20(14)29-10-8-16(30)9-11-29)25-22-24-13-19-21(28-22)17-4-2-3-5-18(17)26-23(31)27-19/h2-7,12-13,16,30H,8-11H2,1H3,(H,24,25,28)(H2,26,27,31). The van der Waals surface area contributed by atoms with Gasteiger partial charge in [0.25, 0.3) is 0 Å². The van der Waals surface area contributed by atoms with Crippen molar-refractivity contribution in [2.75, 3.05) is 33.9 Å². The van der Waals surface area contributed by atoms with Crippen molar-refractivity contribution in [3.05, 3.63) is 54.2 Å². The lowest BCUT2D eigenvalue weighted by Crippen LogP contribution is -2.36. The van der Waals surface area contributed by atoms with Crippen LogP contribution >= 0.6 is 0 Å². The summed E-state index contributed by atoms with van der Waals surface area (Å²) in [4.78, 5) is 23.5. The third-order valence-corrected chi connectivity index (χ3v) is 5.73. The zero-order valence-electron chi connectivity index (χ0n) is 17.2. The Balaban J connectivity index is 1.41. The van der Waals surface area contributed by atoms with Gasteiger partial charge >= 0.3 is 6.03 Å². The molecule has 0 radical (unpaired) electrons. The molecule has 2 amide bonds. The van der Waals surface area contributed by atoms with E-state index in [-0.39, 0.29) is 12.1 Å². The minimum absolute atomic E-state index is 0.187. The van der Waals surface area contributed by atoms with E-state index in [9.17, 15) is 9.90 Å². The molecule has 2 aliphatic heterocycles. The molecule has 1 saturated heterocycles. The number of nitrogens with zero attached hydrogens (tertiary/aromatic N) is 3. The Morgan fingerprint density at radius 1 is 1.10 bits per heavy atom. The maximum Gasteiger partial charge on any atom is 0.323 e. The van der Waals surface area contributed by atoms with Crippen LogP contribution in [0, 0.1) is 6.92 Å². The molecule has 158 valence electrons. The van der Waals surface area contributed by atoms with Gasteiger partial charge in [0.1, 0.15) is 5.69 Å². The molecule has 0 spiro atoms. The number of aliphatic hydroxyl groups is 1. The number of carbonyl (C=O) groups excluding carboxylic acids is 1. The summed E-state index contributed by atoms with van der Waals surface area (Å²) < 4.78 is 0. The smallest absolute Gasteiger partial charge is 0.323 e. The Hall–Kier alpha value is -3.65. The van der Waals surface area contributed by atoms with Crippen molar-refractivity contribution in [3.8, 4) is 11.3 Å². The van der Waals surface area contributed by atoms with E-state index in [4.69, 9.17) is 0 Å². The highest BCUT2D eigenvalue weighted by atomic mass is 16.3. The Morgan fingerprint density at radius 2 is 1.87 bits per heavy atom. The largest absolute Gasteiger partial charge is 0.393 e. The summed E-state index contributed by atoms with van der Waals surface area (Å²) in [5, 5.41) is 18.6. The first-order chi connectivity index (χ1) is 15.1. The molecule has 8 heteroatoms. The van der Waals surface area contributed by atoms with Gasteiger partial charge in [-0.2, -0.15) is 0 Å². The maximum absolute atomic E-state index is 12.1. The summed E-state index contributed by atoms with van der Waals surface area (Å²) in [5.41, 5.74) is 5.98. The number of urea groups is 1. The van der Waals surface area contributed by atoms with Gasteiger partial charge in [0.15, 0.2) is 0 Å². The van der Waals surface area contributed by atoms with Crippen molar-refractivity contribution in [2.24, 2.45) is 0 Å². The van der Waals surface area contributed by atoms with Crippen LogP contribution in [-0.2, 0) is 0 Å². The van der Waals surface area contributed by atoms with Crippen LogP contribution < -0.4 is 20.9 Å². The zero-order chi connectivity index (χ0) is 21.4. The Labute approximate surface area is 180 Å². The van der Waals surface area contributed by atoms with Crippen LogP contribution in [0.5, 0.6) is 0 Å². The normalized spacial score (nSPS) is 15.9. The van der Waals surface area contributed by atoms with Gasteiger partial charge in [0, 0.05) is 30.0 Å². The number of benzene rings is 2. The number of anilines is 5. The van der Waals surface area contributed by atoms with Crippen molar-refractivity contribution < 1.29 is 9.90 Å². The second-order valence-electron chi connectivity index (χ2n) is 7.93. The monoisotopic (exact) mass is 416 g/mol. The molecule has 3 heterocycles. The SMILES string of the molecule is Cc1cc(Nc2ncc3c(n2)-c2ccccc2NC(=O)N3)ccc1N1CCC(O)CC1. The molecule has 8 nitrogen and oxygen atoms in total.